The third-order valence-electron chi connectivity index (χ3n) is 5.26. The molecule has 0 heterocycles. The normalized spacial score (nSPS) is 21.3. The Balaban J connectivity index is 1.99. The van der Waals surface area contributed by atoms with Crippen LogP contribution in [0.5, 0.6) is 0 Å². The van der Waals surface area contributed by atoms with E-state index in [1.165, 1.54) is 49.4 Å². The second kappa shape index (κ2) is 7.99. The van der Waals surface area contributed by atoms with Crippen LogP contribution in [0.3, 0.4) is 0 Å². The van der Waals surface area contributed by atoms with Gasteiger partial charge in [0, 0.05) is 11.5 Å². The molecule has 2 unspecified atom stereocenters. The molecule has 2 atom stereocenters. The molecule has 0 radical (unpaired) electrons. The largest absolute Gasteiger partial charge is 0.481 e. The van der Waals surface area contributed by atoms with Gasteiger partial charge in [0.15, 0.2) is 0 Å². The lowest BCUT2D eigenvalue weighted by molar-refractivity contribution is -0.146. The second-order valence-corrected chi connectivity index (χ2v) is 7.32. The summed E-state index contributed by atoms with van der Waals surface area (Å²) in [4.78, 5) is 24.1. The van der Waals surface area contributed by atoms with E-state index in [4.69, 9.17) is 0 Å². The van der Waals surface area contributed by atoms with Crippen molar-refractivity contribution in [2.24, 2.45) is 5.41 Å². The second-order valence-electron chi connectivity index (χ2n) is 7.32. The van der Waals surface area contributed by atoms with E-state index in [-0.39, 0.29) is 11.4 Å². The summed E-state index contributed by atoms with van der Waals surface area (Å²) in [6.07, 6.45) is 3.97. The van der Waals surface area contributed by atoms with Crippen LogP contribution in [0.15, 0.2) is 71.8 Å². The first-order valence-corrected chi connectivity index (χ1v) is 9.10. The predicted octanol–water partition coefficient (Wildman–Crippen LogP) is 4.72. The number of benzene rings is 2. The molecule has 0 saturated heterocycles. The third-order valence-corrected chi connectivity index (χ3v) is 5.26. The third kappa shape index (κ3) is 4.26. The van der Waals surface area contributed by atoms with E-state index in [0.717, 1.165) is 5.56 Å². The molecule has 0 aliphatic heterocycles. The first-order chi connectivity index (χ1) is 13.7. The lowest BCUT2D eigenvalue weighted by Crippen LogP contribution is -2.37. The van der Waals surface area contributed by atoms with E-state index in [1.54, 1.807) is 18.2 Å². The van der Waals surface area contributed by atoms with Crippen molar-refractivity contribution in [1.29, 1.82) is 0 Å². The molecule has 2 N–H and O–H groups in total. The fourth-order valence-corrected chi connectivity index (χ4v) is 3.75. The fourth-order valence-electron chi connectivity index (χ4n) is 3.75. The van der Waals surface area contributed by atoms with Gasteiger partial charge in [-0.05, 0) is 66.8 Å². The summed E-state index contributed by atoms with van der Waals surface area (Å²) in [6, 6.07) is 11.2. The zero-order valence-electron chi connectivity index (χ0n) is 15.7. The molecule has 0 saturated carbocycles. The van der Waals surface area contributed by atoms with Crippen molar-refractivity contribution >= 4 is 11.9 Å². The van der Waals surface area contributed by atoms with Crippen LogP contribution in [-0.4, -0.2) is 22.2 Å². The van der Waals surface area contributed by atoms with Crippen molar-refractivity contribution in [2.45, 2.75) is 25.7 Å². The number of allylic oxidation sites excluding steroid dienone is 2. The van der Waals surface area contributed by atoms with Gasteiger partial charge >= 0.3 is 11.9 Å². The number of rotatable bonds is 6. The Labute approximate surface area is 166 Å². The van der Waals surface area contributed by atoms with Crippen LogP contribution in [0.2, 0.25) is 0 Å². The molecular formula is C23H20F2O4. The Morgan fingerprint density at radius 3 is 2.00 bits per heavy atom. The van der Waals surface area contributed by atoms with E-state index in [2.05, 4.69) is 0 Å². The fraction of sp³-hybridized carbons (Fsp3) is 0.217. The molecule has 150 valence electrons. The zero-order chi connectivity index (χ0) is 21.2. The SMILES string of the molecule is CC1(C(=O)O)C=C(CCc2ccc(F)cc2)C=C(C(=O)O)C1c1ccc(F)cc1. The Morgan fingerprint density at radius 2 is 1.48 bits per heavy atom. The molecule has 0 aromatic heterocycles. The molecule has 0 spiro atoms. The van der Waals surface area contributed by atoms with Crippen molar-refractivity contribution in [3.05, 3.63) is 94.6 Å². The molecule has 2 aromatic carbocycles. The standard InChI is InChI=1S/C23H20F2O4/c1-23(22(28)29)13-15(3-2-14-4-8-17(24)9-5-14)12-19(21(26)27)20(23)16-6-10-18(25)11-7-16/h4-13,20H,2-3H2,1H3,(H,26,27)(H,28,29). The summed E-state index contributed by atoms with van der Waals surface area (Å²) < 4.78 is 26.4. The molecule has 0 fully saturated rings. The summed E-state index contributed by atoms with van der Waals surface area (Å²) in [5.74, 6) is -4.19. The molecule has 0 amide bonds. The van der Waals surface area contributed by atoms with Gasteiger partial charge in [0.1, 0.15) is 11.6 Å². The lowest BCUT2D eigenvalue weighted by atomic mass is 9.65. The molecule has 0 bridgehead atoms. The van der Waals surface area contributed by atoms with E-state index < -0.39 is 29.1 Å². The van der Waals surface area contributed by atoms with Gasteiger partial charge in [-0.1, -0.05) is 30.3 Å². The monoisotopic (exact) mass is 398 g/mol. The minimum Gasteiger partial charge on any atom is -0.481 e. The zero-order valence-corrected chi connectivity index (χ0v) is 15.7. The number of aryl methyl sites for hydroxylation is 1. The van der Waals surface area contributed by atoms with Crippen LogP contribution < -0.4 is 0 Å². The first-order valence-electron chi connectivity index (χ1n) is 9.10. The van der Waals surface area contributed by atoms with Gasteiger partial charge in [-0.25, -0.2) is 13.6 Å². The average molecular weight is 398 g/mol. The molecule has 3 rings (SSSR count). The number of halogens is 2. The smallest absolute Gasteiger partial charge is 0.332 e. The number of hydrogen-bond donors (Lipinski definition) is 2. The van der Waals surface area contributed by atoms with Crippen LogP contribution in [-0.2, 0) is 16.0 Å². The summed E-state index contributed by atoms with van der Waals surface area (Å²) >= 11 is 0. The first kappa shape index (κ1) is 20.5. The highest BCUT2D eigenvalue weighted by Gasteiger charge is 2.46. The minimum absolute atomic E-state index is 0.0573. The van der Waals surface area contributed by atoms with Crippen molar-refractivity contribution < 1.29 is 28.6 Å². The minimum atomic E-state index is -1.52. The quantitative estimate of drug-likeness (QED) is 0.738. The van der Waals surface area contributed by atoms with Gasteiger partial charge in [0.2, 0.25) is 0 Å². The molecule has 29 heavy (non-hydrogen) atoms. The Morgan fingerprint density at radius 1 is 0.931 bits per heavy atom. The van der Waals surface area contributed by atoms with Gasteiger partial charge in [-0.3, -0.25) is 4.79 Å². The highest BCUT2D eigenvalue weighted by Crippen LogP contribution is 2.47. The van der Waals surface area contributed by atoms with Crippen molar-refractivity contribution in [3.8, 4) is 0 Å². The van der Waals surface area contributed by atoms with E-state index >= 15 is 0 Å². The molecule has 4 nitrogen and oxygen atoms in total. The van der Waals surface area contributed by atoms with Gasteiger partial charge in [0.05, 0.1) is 5.41 Å². The molecule has 1 aliphatic rings. The van der Waals surface area contributed by atoms with Crippen LogP contribution >= 0.6 is 0 Å². The Kier molecular flexibility index (Phi) is 5.64. The van der Waals surface area contributed by atoms with Crippen molar-refractivity contribution in [2.75, 3.05) is 0 Å². The van der Waals surface area contributed by atoms with Gasteiger partial charge in [0.25, 0.3) is 0 Å². The average Bonchev–Trinajstić information content (AvgIpc) is 2.68. The molecular weight excluding hydrogens is 378 g/mol. The number of aliphatic carboxylic acids is 2. The molecule has 2 aromatic rings. The van der Waals surface area contributed by atoms with Crippen LogP contribution in [0.4, 0.5) is 8.78 Å². The lowest BCUT2D eigenvalue weighted by Gasteiger charge is -2.36. The van der Waals surface area contributed by atoms with Crippen LogP contribution in [0.1, 0.15) is 30.4 Å². The van der Waals surface area contributed by atoms with Gasteiger partial charge in [-0.15, -0.1) is 0 Å². The summed E-state index contributed by atoms with van der Waals surface area (Å²) in [6.45, 7) is 1.47. The van der Waals surface area contributed by atoms with E-state index in [1.807, 2.05) is 0 Å². The maximum absolute atomic E-state index is 13.3. The van der Waals surface area contributed by atoms with Crippen molar-refractivity contribution in [3.63, 3.8) is 0 Å². The number of hydrogen-bond acceptors (Lipinski definition) is 2. The number of carboxylic acid groups (broad SMARTS) is 2. The summed E-state index contributed by atoms with van der Waals surface area (Å²) in [5, 5.41) is 19.7. The van der Waals surface area contributed by atoms with Crippen molar-refractivity contribution in [1.82, 2.24) is 0 Å². The number of carbonyl (C=O) groups is 2. The predicted molar refractivity (Wildman–Crippen MR) is 103 cm³/mol. The van der Waals surface area contributed by atoms with E-state index in [0.29, 0.717) is 24.0 Å². The summed E-state index contributed by atoms with van der Waals surface area (Å²) in [5.41, 5.74) is 0.278. The van der Waals surface area contributed by atoms with Crippen LogP contribution in [0.25, 0.3) is 0 Å². The maximum Gasteiger partial charge on any atom is 0.332 e. The summed E-state index contributed by atoms with van der Waals surface area (Å²) in [7, 11) is 0. The van der Waals surface area contributed by atoms with Gasteiger partial charge in [-0.2, -0.15) is 0 Å². The van der Waals surface area contributed by atoms with Crippen LogP contribution in [0, 0.1) is 17.0 Å². The number of carboxylic acids is 2. The maximum atomic E-state index is 13.3. The highest BCUT2D eigenvalue weighted by atomic mass is 19.1. The van der Waals surface area contributed by atoms with E-state index in [9.17, 15) is 28.6 Å². The molecule has 1 aliphatic carbocycles. The van der Waals surface area contributed by atoms with Gasteiger partial charge < -0.3 is 10.2 Å². The topological polar surface area (TPSA) is 74.6 Å². The Hall–Kier alpha value is -3.28. The highest BCUT2D eigenvalue weighted by molar-refractivity contribution is 5.93. The molecule has 6 heteroatoms. The Bertz CT molecular complexity index is 991.